The lowest BCUT2D eigenvalue weighted by Crippen LogP contribution is -2.39. The van der Waals surface area contributed by atoms with E-state index in [0.717, 1.165) is 16.0 Å². The van der Waals surface area contributed by atoms with Gasteiger partial charge in [0.1, 0.15) is 11.8 Å². The first kappa shape index (κ1) is 17.8. The molecule has 0 aliphatic carbocycles. The third-order valence-corrected chi connectivity index (χ3v) is 3.99. The number of rotatable bonds is 9. The summed E-state index contributed by atoms with van der Waals surface area (Å²) in [6.07, 6.45) is 0.399. The Hall–Kier alpha value is -1.21. The Labute approximate surface area is 136 Å². The van der Waals surface area contributed by atoms with Crippen LogP contribution < -0.4 is 10.1 Å². The van der Waals surface area contributed by atoms with Crippen molar-refractivity contribution < 1.29 is 19.4 Å². The molecule has 7 heteroatoms. The Morgan fingerprint density at radius 2 is 2.19 bits per heavy atom. The van der Waals surface area contributed by atoms with Gasteiger partial charge in [0.05, 0.1) is 6.61 Å². The molecule has 1 aromatic carbocycles. The minimum atomic E-state index is -1.00. The quantitative estimate of drug-likeness (QED) is 0.648. The minimum Gasteiger partial charge on any atom is -0.493 e. The number of carboxylic acid groups (broad SMARTS) is 1. The smallest absolute Gasteiger partial charge is 0.326 e. The van der Waals surface area contributed by atoms with Crippen LogP contribution in [0.5, 0.6) is 5.75 Å². The van der Waals surface area contributed by atoms with Gasteiger partial charge in [0.15, 0.2) is 0 Å². The summed E-state index contributed by atoms with van der Waals surface area (Å²) >= 11 is 4.97. The summed E-state index contributed by atoms with van der Waals surface area (Å²) < 4.78 is 6.53. The second-order valence-electron chi connectivity index (χ2n) is 4.30. The van der Waals surface area contributed by atoms with Gasteiger partial charge in [-0.05, 0) is 30.4 Å². The van der Waals surface area contributed by atoms with Gasteiger partial charge in [-0.15, -0.1) is 0 Å². The number of carboxylic acids is 1. The maximum Gasteiger partial charge on any atom is 0.326 e. The number of aliphatic carboxylic acids is 1. The first-order valence-corrected chi connectivity index (χ1v) is 8.40. The molecule has 1 aromatic rings. The number of halogens is 1. The van der Waals surface area contributed by atoms with Crippen LogP contribution in [0.3, 0.4) is 0 Å². The van der Waals surface area contributed by atoms with Gasteiger partial charge in [-0.2, -0.15) is 11.8 Å². The van der Waals surface area contributed by atoms with Crippen LogP contribution in [-0.2, 0) is 9.59 Å². The molecule has 0 bridgehead atoms. The van der Waals surface area contributed by atoms with E-state index in [1.807, 2.05) is 24.3 Å². The molecule has 0 fully saturated rings. The van der Waals surface area contributed by atoms with Crippen molar-refractivity contribution in [1.82, 2.24) is 5.32 Å². The van der Waals surface area contributed by atoms with Crippen molar-refractivity contribution in [3.63, 3.8) is 0 Å². The highest BCUT2D eigenvalue weighted by molar-refractivity contribution is 9.10. The summed E-state index contributed by atoms with van der Waals surface area (Å²) in [4.78, 5) is 21.8. The Balaban J connectivity index is 2.16. The fourth-order valence-corrected chi connectivity index (χ4v) is 2.77. The molecule has 1 atom stereocenters. The van der Waals surface area contributed by atoms with Gasteiger partial charge in [0.2, 0.25) is 5.91 Å². The van der Waals surface area contributed by atoms with E-state index in [1.54, 1.807) is 11.8 Å². The van der Waals surface area contributed by atoms with Gasteiger partial charge in [-0.25, -0.2) is 4.79 Å². The van der Waals surface area contributed by atoms with Crippen LogP contribution in [-0.4, -0.2) is 41.1 Å². The monoisotopic (exact) mass is 375 g/mol. The lowest BCUT2D eigenvalue weighted by Gasteiger charge is -2.12. The average molecular weight is 376 g/mol. The average Bonchev–Trinajstić information content (AvgIpc) is 2.40. The summed E-state index contributed by atoms with van der Waals surface area (Å²) in [7, 11) is 0. The lowest BCUT2D eigenvalue weighted by molar-refractivity contribution is -0.141. The molecule has 1 amide bonds. The number of ether oxygens (including phenoxy) is 1. The molecule has 0 radical (unpaired) electrons. The number of benzene rings is 1. The Kier molecular flexibility index (Phi) is 8.22. The summed E-state index contributed by atoms with van der Waals surface area (Å²) in [5.41, 5.74) is 0. The van der Waals surface area contributed by atoms with Crippen molar-refractivity contribution in [2.45, 2.75) is 19.4 Å². The number of hydrogen-bond donors (Lipinski definition) is 2. The van der Waals surface area contributed by atoms with Crippen molar-refractivity contribution in [3.05, 3.63) is 28.7 Å². The van der Waals surface area contributed by atoms with Gasteiger partial charge in [0, 0.05) is 17.1 Å². The molecule has 1 unspecified atom stereocenters. The van der Waals surface area contributed by atoms with Gasteiger partial charge in [0.25, 0.3) is 0 Å². The molecule has 0 aliphatic rings. The van der Waals surface area contributed by atoms with Crippen molar-refractivity contribution in [2.75, 3.05) is 18.1 Å². The first-order valence-electron chi connectivity index (χ1n) is 6.45. The second kappa shape index (κ2) is 9.68. The van der Waals surface area contributed by atoms with E-state index in [2.05, 4.69) is 21.2 Å². The topological polar surface area (TPSA) is 75.6 Å². The number of carbonyl (C=O) groups excluding carboxylic acids is 1. The largest absolute Gasteiger partial charge is 0.493 e. The van der Waals surface area contributed by atoms with E-state index < -0.39 is 12.0 Å². The first-order chi connectivity index (χ1) is 9.99. The third kappa shape index (κ3) is 7.96. The summed E-state index contributed by atoms with van der Waals surface area (Å²) in [6.45, 7) is 1.87. The summed E-state index contributed by atoms with van der Waals surface area (Å²) in [6, 6.07) is 6.78. The van der Waals surface area contributed by atoms with E-state index in [9.17, 15) is 9.59 Å². The normalized spacial score (nSPS) is 11.7. The van der Waals surface area contributed by atoms with Crippen molar-refractivity contribution in [3.8, 4) is 5.75 Å². The highest BCUT2D eigenvalue weighted by Gasteiger charge is 2.17. The number of thioether (sulfide) groups is 1. The van der Waals surface area contributed by atoms with E-state index in [0.29, 0.717) is 18.8 Å². The van der Waals surface area contributed by atoms with Gasteiger partial charge in [-0.1, -0.05) is 22.0 Å². The van der Waals surface area contributed by atoms with Crippen LogP contribution in [0.25, 0.3) is 0 Å². The fraction of sp³-hybridized carbons (Fsp3) is 0.429. The Bertz CT molecular complexity index is 484. The Morgan fingerprint density at radius 1 is 1.43 bits per heavy atom. The van der Waals surface area contributed by atoms with Crippen LogP contribution in [0.4, 0.5) is 0 Å². The van der Waals surface area contributed by atoms with Crippen LogP contribution in [0.15, 0.2) is 28.7 Å². The zero-order valence-corrected chi connectivity index (χ0v) is 14.1. The van der Waals surface area contributed by atoms with Crippen molar-refractivity contribution >= 4 is 39.6 Å². The van der Waals surface area contributed by atoms with Crippen molar-refractivity contribution in [1.29, 1.82) is 0 Å². The number of nitrogens with one attached hydrogen (secondary N) is 1. The summed E-state index contributed by atoms with van der Waals surface area (Å²) in [5, 5.41) is 11.4. The summed E-state index contributed by atoms with van der Waals surface area (Å²) in [5.74, 6) is 0.881. The van der Waals surface area contributed by atoms with Crippen LogP contribution >= 0.6 is 27.7 Å². The lowest BCUT2D eigenvalue weighted by atomic mass is 10.2. The third-order valence-electron chi connectivity index (χ3n) is 2.52. The van der Waals surface area contributed by atoms with Crippen molar-refractivity contribution in [2.24, 2.45) is 0 Å². The van der Waals surface area contributed by atoms with Gasteiger partial charge < -0.3 is 15.2 Å². The molecule has 5 nitrogen and oxygen atoms in total. The molecule has 2 N–H and O–H groups in total. The molecule has 0 saturated heterocycles. The molecular weight excluding hydrogens is 358 g/mol. The Morgan fingerprint density at radius 3 is 2.81 bits per heavy atom. The number of hydrogen-bond acceptors (Lipinski definition) is 4. The molecule has 0 aliphatic heterocycles. The maximum absolute atomic E-state index is 10.9. The second-order valence-corrected chi connectivity index (χ2v) is 6.44. The van der Waals surface area contributed by atoms with E-state index in [1.165, 1.54) is 6.92 Å². The highest BCUT2D eigenvalue weighted by atomic mass is 79.9. The zero-order chi connectivity index (χ0) is 15.7. The number of amides is 1. The minimum absolute atomic E-state index is 0.328. The predicted octanol–water partition coefficient (Wildman–Crippen LogP) is 2.54. The molecule has 0 aromatic heterocycles. The molecule has 21 heavy (non-hydrogen) atoms. The fourth-order valence-electron chi connectivity index (χ4n) is 1.58. The van der Waals surface area contributed by atoms with E-state index in [-0.39, 0.29) is 5.91 Å². The highest BCUT2D eigenvalue weighted by Crippen LogP contribution is 2.18. The van der Waals surface area contributed by atoms with Gasteiger partial charge in [-0.3, -0.25) is 4.79 Å². The SMILES string of the molecule is CC(=O)NC(CCSCCOc1cccc(Br)c1)C(=O)O. The molecule has 0 saturated carbocycles. The van der Waals surface area contributed by atoms with E-state index in [4.69, 9.17) is 9.84 Å². The van der Waals surface area contributed by atoms with E-state index >= 15 is 0 Å². The molecular formula is C14H18BrNO4S. The molecule has 0 spiro atoms. The van der Waals surface area contributed by atoms with Crippen LogP contribution in [0, 0.1) is 0 Å². The predicted molar refractivity (Wildman–Crippen MR) is 86.8 cm³/mol. The maximum atomic E-state index is 10.9. The van der Waals surface area contributed by atoms with Crippen LogP contribution in [0.2, 0.25) is 0 Å². The van der Waals surface area contributed by atoms with Crippen LogP contribution in [0.1, 0.15) is 13.3 Å². The standard InChI is InChI=1S/C14H18BrNO4S/c1-10(17)16-13(14(18)19)5-7-21-8-6-20-12-4-2-3-11(15)9-12/h2-4,9,13H,5-8H2,1H3,(H,16,17)(H,18,19). The number of carbonyl (C=O) groups is 2. The molecule has 116 valence electrons. The zero-order valence-electron chi connectivity index (χ0n) is 11.7. The molecule has 0 heterocycles. The molecule has 1 rings (SSSR count). The van der Waals surface area contributed by atoms with Gasteiger partial charge >= 0.3 is 5.97 Å².